The number of aldehydes is 1. The number of nitrogens with zero attached hydrogens (tertiary/aromatic N) is 2. The maximum absolute atomic E-state index is 10.6. The highest BCUT2D eigenvalue weighted by molar-refractivity contribution is 5.74. The smallest absolute Gasteiger partial charge is 0.150 e. The van der Waals surface area contributed by atoms with Crippen molar-refractivity contribution < 1.29 is 4.79 Å². The van der Waals surface area contributed by atoms with E-state index in [1.54, 1.807) is 12.1 Å². The maximum Gasteiger partial charge on any atom is 0.150 e. The van der Waals surface area contributed by atoms with Crippen molar-refractivity contribution in [2.24, 2.45) is 0 Å². The third-order valence-electron chi connectivity index (χ3n) is 4.33. The van der Waals surface area contributed by atoms with Crippen molar-refractivity contribution >= 4 is 12.0 Å². The van der Waals surface area contributed by atoms with Crippen LogP contribution in [0.2, 0.25) is 0 Å². The molecule has 3 rings (SSSR count). The van der Waals surface area contributed by atoms with Gasteiger partial charge < -0.3 is 4.90 Å². The molecule has 0 atom stereocenters. The molecule has 3 heteroatoms. The molecule has 0 amide bonds. The first-order chi connectivity index (χ1) is 11.8. The van der Waals surface area contributed by atoms with Gasteiger partial charge in [-0.05, 0) is 24.3 Å². The monoisotopic (exact) mass is 318 g/mol. The van der Waals surface area contributed by atoms with Gasteiger partial charge in [0.05, 0.1) is 0 Å². The molecular formula is C21H22N2O. The second-order valence-corrected chi connectivity index (χ2v) is 5.96. The molecule has 1 aliphatic heterocycles. The van der Waals surface area contributed by atoms with E-state index in [4.69, 9.17) is 0 Å². The summed E-state index contributed by atoms with van der Waals surface area (Å²) in [6.07, 6.45) is 1.73. The van der Waals surface area contributed by atoms with Gasteiger partial charge in [-0.15, -0.1) is 0 Å². The van der Waals surface area contributed by atoms with Crippen LogP contribution in [0.15, 0.2) is 54.6 Å². The van der Waals surface area contributed by atoms with E-state index in [1.165, 1.54) is 5.69 Å². The van der Waals surface area contributed by atoms with Gasteiger partial charge >= 0.3 is 0 Å². The molecule has 0 spiro atoms. The Kier molecular flexibility index (Phi) is 5.65. The number of carbonyl (C=O) groups is 1. The minimum absolute atomic E-state index is 0.692. The first kappa shape index (κ1) is 16.3. The summed E-state index contributed by atoms with van der Waals surface area (Å²) in [5.74, 6) is 6.40. The van der Waals surface area contributed by atoms with E-state index in [-0.39, 0.29) is 0 Å². The molecule has 3 nitrogen and oxygen atoms in total. The quantitative estimate of drug-likeness (QED) is 0.639. The normalized spacial score (nSPS) is 14.8. The second-order valence-electron chi connectivity index (χ2n) is 5.96. The van der Waals surface area contributed by atoms with E-state index in [0.29, 0.717) is 5.56 Å². The molecule has 1 fully saturated rings. The topological polar surface area (TPSA) is 23.6 Å². The van der Waals surface area contributed by atoms with Gasteiger partial charge in [-0.1, -0.05) is 42.2 Å². The van der Waals surface area contributed by atoms with Crippen molar-refractivity contribution in [3.05, 3.63) is 65.7 Å². The van der Waals surface area contributed by atoms with Gasteiger partial charge in [0.15, 0.2) is 0 Å². The van der Waals surface area contributed by atoms with E-state index in [9.17, 15) is 4.79 Å². The zero-order valence-electron chi connectivity index (χ0n) is 13.8. The lowest BCUT2D eigenvalue weighted by Crippen LogP contribution is -2.46. The highest BCUT2D eigenvalue weighted by atomic mass is 16.1. The Hall–Kier alpha value is -2.57. The highest BCUT2D eigenvalue weighted by Crippen LogP contribution is 2.15. The Morgan fingerprint density at radius 2 is 1.62 bits per heavy atom. The Labute approximate surface area is 143 Å². The third kappa shape index (κ3) is 4.47. The van der Waals surface area contributed by atoms with E-state index >= 15 is 0 Å². The summed E-state index contributed by atoms with van der Waals surface area (Å²) in [5, 5.41) is 0. The molecule has 0 aromatic heterocycles. The van der Waals surface area contributed by atoms with Crippen LogP contribution >= 0.6 is 0 Å². The number of hydrogen-bond acceptors (Lipinski definition) is 3. The third-order valence-corrected chi connectivity index (χ3v) is 4.33. The van der Waals surface area contributed by atoms with Crippen LogP contribution in [0.4, 0.5) is 5.69 Å². The zero-order valence-corrected chi connectivity index (χ0v) is 13.8. The molecule has 1 heterocycles. The summed E-state index contributed by atoms with van der Waals surface area (Å²) in [6, 6.07) is 18.0. The van der Waals surface area contributed by atoms with Crippen LogP contribution in [-0.4, -0.2) is 43.9 Å². The molecule has 0 radical (unpaired) electrons. The fraction of sp³-hybridized carbons (Fsp3) is 0.286. The lowest BCUT2D eigenvalue weighted by Gasteiger charge is -2.35. The van der Waals surface area contributed by atoms with Gasteiger partial charge in [-0.2, -0.15) is 0 Å². The molecule has 0 unspecified atom stereocenters. The van der Waals surface area contributed by atoms with Crippen molar-refractivity contribution in [1.82, 2.24) is 4.90 Å². The number of anilines is 1. The van der Waals surface area contributed by atoms with Crippen molar-refractivity contribution in [2.45, 2.75) is 6.42 Å². The largest absolute Gasteiger partial charge is 0.369 e. The number of piperazine rings is 1. The van der Waals surface area contributed by atoms with Gasteiger partial charge in [0.1, 0.15) is 6.29 Å². The summed E-state index contributed by atoms with van der Waals surface area (Å²) < 4.78 is 0. The molecule has 122 valence electrons. The van der Waals surface area contributed by atoms with E-state index < -0.39 is 0 Å². The predicted octanol–water partition coefficient (Wildman–Crippen LogP) is 3.06. The van der Waals surface area contributed by atoms with Crippen LogP contribution in [0.5, 0.6) is 0 Å². The molecule has 2 aromatic rings. The van der Waals surface area contributed by atoms with Crippen molar-refractivity contribution in [2.75, 3.05) is 37.6 Å². The molecule has 24 heavy (non-hydrogen) atoms. The van der Waals surface area contributed by atoms with Crippen molar-refractivity contribution in [3.63, 3.8) is 0 Å². The van der Waals surface area contributed by atoms with Crippen LogP contribution in [0.1, 0.15) is 22.3 Å². The molecule has 0 bridgehead atoms. The molecule has 2 aromatic carbocycles. The fourth-order valence-electron chi connectivity index (χ4n) is 2.89. The van der Waals surface area contributed by atoms with Gasteiger partial charge in [0.2, 0.25) is 0 Å². The van der Waals surface area contributed by atoms with E-state index in [2.05, 4.69) is 52.0 Å². The first-order valence-electron chi connectivity index (χ1n) is 8.41. The average molecular weight is 318 g/mol. The van der Waals surface area contributed by atoms with Gasteiger partial charge in [0, 0.05) is 56.0 Å². The van der Waals surface area contributed by atoms with Crippen LogP contribution in [0, 0.1) is 11.8 Å². The Balaban J connectivity index is 1.42. The highest BCUT2D eigenvalue weighted by Gasteiger charge is 2.15. The van der Waals surface area contributed by atoms with Crippen LogP contribution < -0.4 is 4.90 Å². The summed E-state index contributed by atoms with van der Waals surface area (Å²) in [7, 11) is 0. The molecular weight excluding hydrogens is 296 g/mol. The lowest BCUT2D eigenvalue weighted by atomic mass is 10.1. The molecule has 0 N–H and O–H groups in total. The van der Waals surface area contributed by atoms with Crippen LogP contribution in [0.25, 0.3) is 0 Å². The van der Waals surface area contributed by atoms with Gasteiger partial charge in [-0.25, -0.2) is 0 Å². The summed E-state index contributed by atoms with van der Waals surface area (Å²) in [6.45, 7) is 5.34. The number of carbonyl (C=O) groups excluding carboxylic acids is 1. The van der Waals surface area contributed by atoms with Gasteiger partial charge in [0.25, 0.3) is 0 Å². The zero-order chi connectivity index (χ0) is 16.6. The summed E-state index contributed by atoms with van der Waals surface area (Å²) >= 11 is 0. The van der Waals surface area contributed by atoms with Gasteiger partial charge in [-0.3, -0.25) is 9.69 Å². The molecule has 0 saturated carbocycles. The SMILES string of the molecule is O=Cc1ccc(C#CCCN2CCN(c3ccccc3)CC2)cc1. The lowest BCUT2D eigenvalue weighted by molar-refractivity contribution is 0.112. The van der Waals surface area contributed by atoms with E-state index in [0.717, 1.165) is 51.0 Å². The van der Waals surface area contributed by atoms with Crippen molar-refractivity contribution in [3.8, 4) is 11.8 Å². The Bertz CT molecular complexity index is 705. The van der Waals surface area contributed by atoms with Crippen molar-refractivity contribution in [1.29, 1.82) is 0 Å². The predicted molar refractivity (Wildman–Crippen MR) is 98.4 cm³/mol. The number of benzene rings is 2. The molecule has 0 aliphatic carbocycles. The van der Waals surface area contributed by atoms with E-state index in [1.807, 2.05) is 12.1 Å². The maximum atomic E-state index is 10.6. The standard InChI is InChI=1S/C21H22N2O/c24-18-20-11-9-19(10-12-20)6-4-5-13-22-14-16-23(17-15-22)21-7-2-1-3-8-21/h1-3,7-12,18H,5,13-17H2. The minimum Gasteiger partial charge on any atom is -0.369 e. The first-order valence-corrected chi connectivity index (χ1v) is 8.41. The number of hydrogen-bond donors (Lipinski definition) is 0. The molecule has 1 aliphatic rings. The molecule has 1 saturated heterocycles. The average Bonchev–Trinajstić information content (AvgIpc) is 2.67. The number of rotatable bonds is 4. The van der Waals surface area contributed by atoms with Crippen LogP contribution in [0.3, 0.4) is 0 Å². The summed E-state index contributed by atoms with van der Waals surface area (Å²) in [4.78, 5) is 15.5. The Morgan fingerprint density at radius 3 is 2.29 bits per heavy atom. The Morgan fingerprint density at radius 1 is 0.917 bits per heavy atom. The summed E-state index contributed by atoms with van der Waals surface area (Å²) in [5.41, 5.74) is 2.97. The fourth-order valence-corrected chi connectivity index (χ4v) is 2.89. The number of para-hydroxylation sites is 1. The minimum atomic E-state index is 0.692. The van der Waals surface area contributed by atoms with Crippen LogP contribution in [-0.2, 0) is 0 Å². The second kappa shape index (κ2) is 8.33.